The van der Waals surface area contributed by atoms with Gasteiger partial charge in [0.2, 0.25) is 0 Å². The molecule has 0 atom stereocenters. The first-order chi connectivity index (χ1) is 9.13. The molecule has 3 nitrogen and oxygen atoms in total. The summed E-state index contributed by atoms with van der Waals surface area (Å²) in [5.41, 5.74) is 7.15. The minimum Gasteiger partial charge on any atom is -0.397 e. The maximum Gasteiger partial charge on any atom is 0.178 e. The van der Waals surface area contributed by atoms with Gasteiger partial charge in [0.25, 0.3) is 0 Å². The predicted octanol–water partition coefficient (Wildman–Crippen LogP) is 3.92. The van der Waals surface area contributed by atoms with E-state index >= 15 is 0 Å². The van der Waals surface area contributed by atoms with Crippen LogP contribution in [0.4, 0.5) is 10.7 Å². The highest BCUT2D eigenvalue weighted by Crippen LogP contribution is 2.50. The van der Waals surface area contributed by atoms with E-state index in [1.807, 2.05) is 6.07 Å². The Morgan fingerprint density at radius 1 is 1.53 bits per heavy atom. The van der Waals surface area contributed by atoms with Crippen molar-refractivity contribution in [3.8, 4) is 0 Å². The van der Waals surface area contributed by atoms with Crippen LogP contribution in [-0.4, -0.2) is 12.3 Å². The Morgan fingerprint density at radius 2 is 2.26 bits per heavy atom. The van der Waals surface area contributed by atoms with E-state index < -0.39 is 0 Å². The summed E-state index contributed by atoms with van der Waals surface area (Å²) in [6, 6.07) is 1.93. The van der Waals surface area contributed by atoms with Crippen LogP contribution in [0.15, 0.2) is 6.07 Å². The Hall–Kier alpha value is -1.03. The Kier molecular flexibility index (Phi) is 3.29. The molecule has 2 saturated carbocycles. The Labute approximate surface area is 118 Å². The number of ketones is 1. The van der Waals surface area contributed by atoms with Crippen LogP contribution < -0.4 is 11.1 Å². The lowest BCUT2D eigenvalue weighted by atomic mass is 10.0. The number of anilines is 2. The molecule has 0 bridgehead atoms. The third kappa shape index (κ3) is 2.78. The second-order valence-electron chi connectivity index (χ2n) is 6.14. The van der Waals surface area contributed by atoms with Crippen molar-refractivity contribution in [2.75, 3.05) is 17.6 Å². The fraction of sp³-hybridized carbons (Fsp3) is 0.667. The van der Waals surface area contributed by atoms with Crippen molar-refractivity contribution in [2.45, 2.75) is 45.4 Å². The molecule has 2 aliphatic carbocycles. The number of carbonyl (C=O) groups is 1. The molecule has 0 unspecified atom stereocenters. The number of nitrogens with one attached hydrogen (secondary N) is 1. The van der Waals surface area contributed by atoms with Crippen molar-refractivity contribution in [3.63, 3.8) is 0 Å². The van der Waals surface area contributed by atoms with Gasteiger partial charge in [0, 0.05) is 12.5 Å². The second kappa shape index (κ2) is 4.82. The lowest BCUT2D eigenvalue weighted by molar-refractivity contribution is 0.0972. The lowest BCUT2D eigenvalue weighted by Crippen LogP contribution is -2.14. The third-order valence-corrected chi connectivity index (χ3v) is 5.43. The number of Topliss-reactive ketones (excluding diaryl/α,β-unsaturated/α-hetero) is 1. The average molecular weight is 278 g/mol. The smallest absolute Gasteiger partial charge is 0.178 e. The van der Waals surface area contributed by atoms with Gasteiger partial charge >= 0.3 is 0 Å². The minimum atomic E-state index is 0.253. The molecule has 0 aromatic carbocycles. The first-order valence-corrected chi connectivity index (χ1v) is 8.12. The predicted molar refractivity (Wildman–Crippen MR) is 80.9 cm³/mol. The van der Waals surface area contributed by atoms with Crippen molar-refractivity contribution in [1.82, 2.24) is 0 Å². The lowest BCUT2D eigenvalue weighted by Gasteiger charge is -2.14. The molecule has 2 fully saturated rings. The molecule has 1 aromatic heterocycles. The first kappa shape index (κ1) is 13.0. The molecule has 104 valence electrons. The zero-order valence-electron chi connectivity index (χ0n) is 11.5. The number of rotatable bonds is 7. The summed E-state index contributed by atoms with van der Waals surface area (Å²) in [4.78, 5) is 12.8. The van der Waals surface area contributed by atoms with Crippen molar-refractivity contribution in [3.05, 3.63) is 10.9 Å². The quantitative estimate of drug-likeness (QED) is 0.743. The fourth-order valence-electron chi connectivity index (χ4n) is 2.71. The van der Waals surface area contributed by atoms with Crippen LogP contribution in [0.2, 0.25) is 0 Å². The second-order valence-corrected chi connectivity index (χ2v) is 7.19. The number of hydrogen-bond donors (Lipinski definition) is 2. The van der Waals surface area contributed by atoms with Gasteiger partial charge in [-0.05, 0) is 43.6 Å². The molecule has 0 radical (unpaired) electrons. The Balaban J connectivity index is 1.62. The number of nitrogens with two attached hydrogens (primary N) is 1. The molecule has 1 aromatic rings. The van der Waals surface area contributed by atoms with Gasteiger partial charge in [0.1, 0.15) is 0 Å². The van der Waals surface area contributed by atoms with E-state index in [1.165, 1.54) is 37.0 Å². The van der Waals surface area contributed by atoms with Crippen LogP contribution in [0.25, 0.3) is 0 Å². The zero-order valence-corrected chi connectivity index (χ0v) is 12.3. The summed E-state index contributed by atoms with van der Waals surface area (Å²) in [5.74, 6) is 0.508. The Bertz CT molecular complexity index is 486. The third-order valence-electron chi connectivity index (χ3n) is 4.31. The molecule has 4 heteroatoms. The molecule has 19 heavy (non-hydrogen) atoms. The summed E-state index contributed by atoms with van der Waals surface area (Å²) in [5, 5.41) is 4.55. The maximum atomic E-state index is 12.1. The highest BCUT2D eigenvalue weighted by atomic mass is 32.1. The average Bonchev–Trinajstić information content (AvgIpc) is 3.28. The molecular weight excluding hydrogens is 256 g/mol. The SMILES string of the molecule is CCCC1(CNc2cc(N)c(C(=O)C3CC3)s2)CC1. The number of hydrogen-bond acceptors (Lipinski definition) is 4. The summed E-state index contributed by atoms with van der Waals surface area (Å²) < 4.78 is 0. The monoisotopic (exact) mass is 278 g/mol. The van der Waals surface area contributed by atoms with E-state index in [1.54, 1.807) is 0 Å². The summed E-state index contributed by atoms with van der Waals surface area (Å²) in [7, 11) is 0. The molecule has 0 amide bonds. The zero-order chi connectivity index (χ0) is 13.5. The van der Waals surface area contributed by atoms with E-state index in [0.29, 0.717) is 11.1 Å². The highest BCUT2D eigenvalue weighted by molar-refractivity contribution is 7.18. The van der Waals surface area contributed by atoms with Gasteiger partial charge in [-0.3, -0.25) is 4.79 Å². The molecule has 3 rings (SSSR count). The molecule has 0 spiro atoms. The van der Waals surface area contributed by atoms with Crippen LogP contribution in [0.3, 0.4) is 0 Å². The molecule has 0 saturated heterocycles. The van der Waals surface area contributed by atoms with Gasteiger partial charge in [-0.15, -0.1) is 11.3 Å². The molecule has 1 heterocycles. The van der Waals surface area contributed by atoms with E-state index in [9.17, 15) is 4.79 Å². The summed E-state index contributed by atoms with van der Waals surface area (Å²) in [6.45, 7) is 3.27. The fourth-order valence-corrected chi connectivity index (χ4v) is 3.71. The largest absolute Gasteiger partial charge is 0.397 e. The molecule has 3 N–H and O–H groups in total. The number of carbonyl (C=O) groups excluding carboxylic acids is 1. The van der Waals surface area contributed by atoms with E-state index in [0.717, 1.165) is 29.3 Å². The van der Waals surface area contributed by atoms with Gasteiger partial charge in [0.15, 0.2) is 5.78 Å². The highest BCUT2D eigenvalue weighted by Gasteiger charge is 2.41. The van der Waals surface area contributed by atoms with Crippen LogP contribution in [0.1, 0.15) is 55.1 Å². The minimum absolute atomic E-state index is 0.253. The number of nitrogen functional groups attached to an aromatic ring is 1. The van der Waals surface area contributed by atoms with Gasteiger partial charge in [-0.2, -0.15) is 0 Å². The van der Waals surface area contributed by atoms with Gasteiger partial charge < -0.3 is 11.1 Å². The van der Waals surface area contributed by atoms with Crippen LogP contribution >= 0.6 is 11.3 Å². The van der Waals surface area contributed by atoms with Crippen molar-refractivity contribution < 1.29 is 4.79 Å². The van der Waals surface area contributed by atoms with Gasteiger partial charge in [-0.1, -0.05) is 13.3 Å². The van der Waals surface area contributed by atoms with Crippen LogP contribution in [-0.2, 0) is 0 Å². The number of thiophene rings is 1. The molecular formula is C15H22N2OS. The van der Waals surface area contributed by atoms with E-state index in [2.05, 4.69) is 12.2 Å². The van der Waals surface area contributed by atoms with E-state index in [-0.39, 0.29) is 11.7 Å². The van der Waals surface area contributed by atoms with Gasteiger partial charge in [-0.25, -0.2) is 0 Å². The van der Waals surface area contributed by atoms with Crippen molar-refractivity contribution in [2.24, 2.45) is 11.3 Å². The molecule has 2 aliphatic rings. The van der Waals surface area contributed by atoms with Crippen molar-refractivity contribution >= 4 is 27.8 Å². The topological polar surface area (TPSA) is 55.1 Å². The van der Waals surface area contributed by atoms with Gasteiger partial charge in [0.05, 0.1) is 15.6 Å². The summed E-state index contributed by atoms with van der Waals surface area (Å²) in [6.07, 6.45) is 7.30. The van der Waals surface area contributed by atoms with Crippen LogP contribution in [0.5, 0.6) is 0 Å². The first-order valence-electron chi connectivity index (χ1n) is 7.31. The van der Waals surface area contributed by atoms with Crippen molar-refractivity contribution in [1.29, 1.82) is 0 Å². The molecule has 0 aliphatic heterocycles. The standard InChI is InChI=1S/C15H22N2OS/c1-2-5-15(6-7-15)9-17-12-8-11(16)14(19-12)13(18)10-3-4-10/h8,10,17H,2-7,9,16H2,1H3. The Morgan fingerprint density at radius 3 is 2.84 bits per heavy atom. The van der Waals surface area contributed by atoms with E-state index in [4.69, 9.17) is 5.73 Å². The van der Waals surface area contributed by atoms with Crippen LogP contribution in [0, 0.1) is 11.3 Å². The summed E-state index contributed by atoms with van der Waals surface area (Å²) >= 11 is 1.54. The normalized spacial score (nSPS) is 20.3. The maximum absolute atomic E-state index is 12.1.